The summed E-state index contributed by atoms with van der Waals surface area (Å²) in [5, 5.41) is 8.63. The van der Waals surface area contributed by atoms with E-state index in [1.54, 1.807) is 11.8 Å². The zero-order valence-electron chi connectivity index (χ0n) is 5.76. The first kappa shape index (κ1) is 8.82. The van der Waals surface area contributed by atoms with Crippen molar-refractivity contribution in [3.63, 3.8) is 0 Å². The lowest BCUT2D eigenvalue weighted by Gasteiger charge is -2.06. The first-order valence-corrected chi connectivity index (χ1v) is 4.24. The summed E-state index contributed by atoms with van der Waals surface area (Å²) in [5.74, 6) is -0.698. The molecule has 1 unspecified atom stereocenters. The molecule has 0 fully saturated rings. The van der Waals surface area contributed by atoms with E-state index in [9.17, 15) is 4.79 Å². The molecule has 1 N–H and O–H groups in total. The first-order chi connectivity index (χ1) is 4.20. The third-order valence-electron chi connectivity index (χ3n) is 1.19. The third-order valence-corrected chi connectivity index (χ3v) is 2.36. The average molecular weight is 148 g/mol. The monoisotopic (exact) mass is 148 g/mol. The number of aliphatic carboxylic acids is 1. The van der Waals surface area contributed by atoms with E-state index in [-0.39, 0.29) is 6.42 Å². The van der Waals surface area contributed by atoms with Crippen LogP contribution in [-0.2, 0) is 4.79 Å². The van der Waals surface area contributed by atoms with Crippen LogP contribution in [0.5, 0.6) is 0 Å². The molecule has 54 valence electrons. The second kappa shape index (κ2) is 4.68. The van der Waals surface area contributed by atoms with Crippen LogP contribution < -0.4 is 0 Å². The van der Waals surface area contributed by atoms with Gasteiger partial charge >= 0.3 is 5.97 Å². The Hall–Kier alpha value is -0.180. The van der Waals surface area contributed by atoms with Gasteiger partial charge in [0.25, 0.3) is 0 Å². The maximum Gasteiger partial charge on any atom is 0.304 e. The van der Waals surface area contributed by atoms with Gasteiger partial charge in [-0.3, -0.25) is 4.79 Å². The standard InChI is InChI=1S/C6H12O2S/c1-3-5(9-2)4-6(7)8/h5H,3-4H2,1-2H3,(H,7,8). The van der Waals surface area contributed by atoms with E-state index in [0.29, 0.717) is 5.25 Å². The quantitative estimate of drug-likeness (QED) is 0.658. The number of thioether (sulfide) groups is 1. The summed E-state index contributed by atoms with van der Waals surface area (Å²) in [6.45, 7) is 2.00. The highest BCUT2D eigenvalue weighted by atomic mass is 32.2. The van der Waals surface area contributed by atoms with Gasteiger partial charge in [-0.25, -0.2) is 0 Å². The number of hydrogen-bond acceptors (Lipinski definition) is 2. The van der Waals surface area contributed by atoms with Crippen molar-refractivity contribution in [2.45, 2.75) is 25.0 Å². The van der Waals surface area contributed by atoms with E-state index < -0.39 is 5.97 Å². The van der Waals surface area contributed by atoms with E-state index >= 15 is 0 Å². The van der Waals surface area contributed by atoms with Crippen molar-refractivity contribution in [2.24, 2.45) is 0 Å². The molecule has 0 radical (unpaired) electrons. The van der Waals surface area contributed by atoms with Crippen molar-refractivity contribution < 1.29 is 9.90 Å². The van der Waals surface area contributed by atoms with Crippen molar-refractivity contribution in [1.82, 2.24) is 0 Å². The molecule has 0 rings (SSSR count). The summed E-state index contributed by atoms with van der Waals surface area (Å²) in [5.41, 5.74) is 0. The zero-order chi connectivity index (χ0) is 7.28. The van der Waals surface area contributed by atoms with Crippen molar-refractivity contribution in [1.29, 1.82) is 0 Å². The average Bonchev–Trinajstić information content (AvgIpc) is 1.82. The molecule has 0 heterocycles. The molecule has 3 heteroatoms. The maximum atomic E-state index is 10.1. The van der Waals surface area contributed by atoms with Gasteiger partial charge in [0.1, 0.15) is 0 Å². The van der Waals surface area contributed by atoms with Crippen LogP contribution in [0.1, 0.15) is 19.8 Å². The topological polar surface area (TPSA) is 37.3 Å². The Morgan fingerprint density at radius 2 is 2.33 bits per heavy atom. The Bertz CT molecular complexity index is 89.1. The predicted molar refractivity (Wildman–Crippen MR) is 39.8 cm³/mol. The van der Waals surface area contributed by atoms with Gasteiger partial charge in [0.2, 0.25) is 0 Å². The van der Waals surface area contributed by atoms with Crippen LogP contribution in [-0.4, -0.2) is 22.6 Å². The van der Waals surface area contributed by atoms with Crippen LogP contribution in [0.2, 0.25) is 0 Å². The van der Waals surface area contributed by atoms with Crippen LogP contribution in [0.25, 0.3) is 0 Å². The predicted octanol–water partition coefficient (Wildman–Crippen LogP) is 1.60. The summed E-state index contributed by atoms with van der Waals surface area (Å²) in [6, 6.07) is 0. The molecule has 0 aliphatic heterocycles. The van der Waals surface area contributed by atoms with Gasteiger partial charge in [0.05, 0.1) is 6.42 Å². The Labute approximate surface area is 59.6 Å². The van der Waals surface area contributed by atoms with Gasteiger partial charge in [-0.15, -0.1) is 0 Å². The Kier molecular flexibility index (Phi) is 4.58. The maximum absolute atomic E-state index is 10.1. The summed E-state index contributed by atoms with van der Waals surface area (Å²) in [4.78, 5) is 10.1. The zero-order valence-corrected chi connectivity index (χ0v) is 6.57. The highest BCUT2D eigenvalue weighted by Crippen LogP contribution is 2.13. The minimum Gasteiger partial charge on any atom is -0.481 e. The van der Waals surface area contributed by atoms with E-state index in [4.69, 9.17) is 5.11 Å². The Morgan fingerprint density at radius 1 is 1.78 bits per heavy atom. The van der Waals surface area contributed by atoms with Gasteiger partial charge in [-0.05, 0) is 12.7 Å². The second-order valence-electron chi connectivity index (χ2n) is 1.86. The van der Waals surface area contributed by atoms with Gasteiger partial charge in [0, 0.05) is 5.25 Å². The molecule has 0 aliphatic rings. The van der Waals surface area contributed by atoms with Crippen LogP contribution in [0, 0.1) is 0 Å². The van der Waals surface area contributed by atoms with Crippen molar-refractivity contribution in [3.05, 3.63) is 0 Å². The number of rotatable bonds is 4. The van der Waals surface area contributed by atoms with E-state index in [0.717, 1.165) is 6.42 Å². The normalized spacial score (nSPS) is 13.1. The summed E-state index contributed by atoms with van der Waals surface area (Å²) < 4.78 is 0. The smallest absolute Gasteiger partial charge is 0.304 e. The molecule has 0 amide bonds. The lowest BCUT2D eigenvalue weighted by Crippen LogP contribution is -2.07. The first-order valence-electron chi connectivity index (χ1n) is 2.95. The molecular formula is C6H12O2S. The molecule has 0 bridgehead atoms. The van der Waals surface area contributed by atoms with E-state index in [1.807, 2.05) is 13.2 Å². The molecule has 0 aromatic carbocycles. The molecule has 0 saturated carbocycles. The molecule has 2 nitrogen and oxygen atoms in total. The highest BCUT2D eigenvalue weighted by Gasteiger charge is 2.07. The fraction of sp³-hybridized carbons (Fsp3) is 0.833. The van der Waals surface area contributed by atoms with Crippen molar-refractivity contribution in [2.75, 3.05) is 6.26 Å². The molecule has 1 atom stereocenters. The molecule has 0 aliphatic carbocycles. The van der Waals surface area contributed by atoms with Crippen molar-refractivity contribution in [3.8, 4) is 0 Å². The summed E-state index contributed by atoms with van der Waals surface area (Å²) in [6.07, 6.45) is 3.17. The SMILES string of the molecule is CCC(CC(=O)O)SC. The van der Waals surface area contributed by atoms with Crippen LogP contribution >= 0.6 is 11.8 Å². The van der Waals surface area contributed by atoms with Gasteiger partial charge in [0.15, 0.2) is 0 Å². The second-order valence-corrected chi connectivity index (χ2v) is 3.00. The van der Waals surface area contributed by atoms with Gasteiger partial charge in [-0.1, -0.05) is 6.92 Å². The van der Waals surface area contributed by atoms with Crippen LogP contribution in [0.4, 0.5) is 0 Å². The minimum absolute atomic E-state index is 0.289. The summed E-state index contributed by atoms with van der Waals surface area (Å²) >= 11 is 1.62. The molecular weight excluding hydrogens is 136 g/mol. The largest absolute Gasteiger partial charge is 0.481 e. The number of hydrogen-bond donors (Lipinski definition) is 1. The number of carbonyl (C=O) groups is 1. The molecule has 0 saturated heterocycles. The highest BCUT2D eigenvalue weighted by molar-refractivity contribution is 7.99. The van der Waals surface area contributed by atoms with Crippen LogP contribution in [0.15, 0.2) is 0 Å². The lowest BCUT2D eigenvalue weighted by molar-refractivity contribution is -0.136. The molecule has 0 spiro atoms. The molecule has 9 heavy (non-hydrogen) atoms. The van der Waals surface area contributed by atoms with Crippen LogP contribution in [0.3, 0.4) is 0 Å². The van der Waals surface area contributed by atoms with E-state index in [1.165, 1.54) is 0 Å². The lowest BCUT2D eigenvalue weighted by atomic mass is 10.2. The van der Waals surface area contributed by atoms with E-state index in [2.05, 4.69) is 0 Å². The number of carboxylic acids is 1. The molecule has 0 aromatic heterocycles. The molecule has 0 aromatic rings. The Morgan fingerprint density at radius 3 is 2.44 bits per heavy atom. The minimum atomic E-state index is -0.698. The Balaban J connectivity index is 3.43. The fourth-order valence-electron chi connectivity index (χ4n) is 0.589. The number of carboxylic acid groups (broad SMARTS) is 1. The van der Waals surface area contributed by atoms with Crippen molar-refractivity contribution >= 4 is 17.7 Å². The van der Waals surface area contributed by atoms with Gasteiger partial charge in [-0.2, -0.15) is 11.8 Å². The fourth-order valence-corrected chi connectivity index (χ4v) is 1.23. The summed E-state index contributed by atoms with van der Waals surface area (Å²) in [7, 11) is 0. The third kappa shape index (κ3) is 4.33. The van der Waals surface area contributed by atoms with Gasteiger partial charge < -0.3 is 5.11 Å².